The van der Waals surface area contributed by atoms with E-state index < -0.39 is 9.84 Å². The lowest BCUT2D eigenvalue weighted by Crippen LogP contribution is -2.10. The minimum absolute atomic E-state index is 0.0885. The molecule has 2 aromatic rings. The number of aryl methyl sites for hydroxylation is 1. The minimum atomic E-state index is -3.00. The van der Waals surface area contributed by atoms with E-state index in [2.05, 4.69) is 15.5 Å². The fourth-order valence-corrected chi connectivity index (χ4v) is 2.57. The van der Waals surface area contributed by atoms with Crippen LogP contribution < -0.4 is 10.5 Å². The van der Waals surface area contributed by atoms with Crippen LogP contribution in [0.4, 0.5) is 5.69 Å². The smallest absolute Gasteiger partial charge is 0.185 e. The molecule has 2 N–H and O–H groups in total. The maximum atomic E-state index is 11.2. The van der Waals surface area contributed by atoms with E-state index in [0.29, 0.717) is 35.8 Å². The predicted octanol–water partition coefficient (Wildman–Crippen LogP) is 0.366. The van der Waals surface area contributed by atoms with E-state index in [0.717, 1.165) is 0 Å². The van der Waals surface area contributed by atoms with Gasteiger partial charge in [0, 0.05) is 24.6 Å². The molecule has 0 radical (unpaired) electrons. The summed E-state index contributed by atoms with van der Waals surface area (Å²) in [5.41, 5.74) is 7.00. The molecule has 114 valence electrons. The number of methoxy groups -OCH3 is 1. The number of anilines is 1. The summed E-state index contributed by atoms with van der Waals surface area (Å²) in [4.78, 5) is 0. The molecule has 0 atom stereocenters. The van der Waals surface area contributed by atoms with Gasteiger partial charge in [-0.3, -0.25) is 0 Å². The summed E-state index contributed by atoms with van der Waals surface area (Å²) in [5, 5.41) is 11.5. The van der Waals surface area contributed by atoms with E-state index in [9.17, 15) is 8.42 Å². The Morgan fingerprint density at radius 1 is 1.38 bits per heavy atom. The number of hydrogen-bond donors (Lipinski definition) is 1. The van der Waals surface area contributed by atoms with Crippen LogP contribution in [-0.2, 0) is 16.4 Å². The van der Waals surface area contributed by atoms with Gasteiger partial charge in [-0.05, 0) is 29.0 Å². The number of tetrazole rings is 1. The quantitative estimate of drug-likeness (QED) is 0.766. The summed E-state index contributed by atoms with van der Waals surface area (Å²) in [6.07, 6.45) is 1.64. The lowest BCUT2D eigenvalue weighted by Gasteiger charge is -2.09. The lowest BCUT2D eigenvalue weighted by atomic mass is 10.1. The molecule has 0 spiro atoms. The van der Waals surface area contributed by atoms with E-state index in [1.165, 1.54) is 13.4 Å². The molecule has 0 saturated heterocycles. The number of aromatic nitrogens is 4. The van der Waals surface area contributed by atoms with Gasteiger partial charge in [0.25, 0.3) is 0 Å². The predicted molar refractivity (Wildman–Crippen MR) is 78.5 cm³/mol. The Kier molecular flexibility index (Phi) is 4.41. The first-order valence-electron chi connectivity index (χ1n) is 6.28. The molecule has 8 nitrogen and oxygen atoms in total. The summed E-state index contributed by atoms with van der Waals surface area (Å²) in [7, 11) is -1.46. The van der Waals surface area contributed by atoms with Gasteiger partial charge in [0.1, 0.15) is 15.6 Å². The van der Waals surface area contributed by atoms with Crippen LogP contribution in [0.25, 0.3) is 11.4 Å². The summed E-state index contributed by atoms with van der Waals surface area (Å²) in [6, 6.07) is 5.19. The Balaban J connectivity index is 2.24. The molecule has 0 aliphatic carbocycles. The van der Waals surface area contributed by atoms with Gasteiger partial charge >= 0.3 is 0 Å². The summed E-state index contributed by atoms with van der Waals surface area (Å²) in [5.74, 6) is 1.17. The Morgan fingerprint density at radius 3 is 2.81 bits per heavy atom. The van der Waals surface area contributed by atoms with Crippen LogP contribution in [0, 0.1) is 0 Å². The lowest BCUT2D eigenvalue weighted by molar-refractivity contribution is 0.416. The number of benzene rings is 1. The Labute approximate surface area is 122 Å². The molecule has 2 rings (SSSR count). The highest BCUT2D eigenvalue weighted by molar-refractivity contribution is 7.90. The average molecular weight is 311 g/mol. The largest absolute Gasteiger partial charge is 0.496 e. The van der Waals surface area contributed by atoms with Crippen molar-refractivity contribution in [2.24, 2.45) is 0 Å². The maximum Gasteiger partial charge on any atom is 0.185 e. The molecule has 0 bridgehead atoms. The Hall–Kier alpha value is -2.16. The molecular formula is C12H17N5O3S. The molecule has 0 fully saturated rings. The number of sulfone groups is 1. The van der Waals surface area contributed by atoms with Crippen molar-refractivity contribution in [1.82, 2.24) is 20.2 Å². The first-order chi connectivity index (χ1) is 9.90. The number of nitrogens with zero attached hydrogens (tertiary/aromatic N) is 4. The molecule has 21 heavy (non-hydrogen) atoms. The maximum absolute atomic E-state index is 11.2. The highest BCUT2D eigenvalue weighted by atomic mass is 32.2. The third-order valence-electron chi connectivity index (χ3n) is 2.88. The van der Waals surface area contributed by atoms with Crippen LogP contribution in [0.3, 0.4) is 0 Å². The van der Waals surface area contributed by atoms with Gasteiger partial charge in [-0.15, -0.1) is 5.10 Å². The van der Waals surface area contributed by atoms with E-state index in [1.54, 1.807) is 22.9 Å². The zero-order valence-electron chi connectivity index (χ0n) is 11.9. The standard InChI is InChI=1S/C12H17N5O3S/c1-20-11-8-9(13)4-5-10(11)12-14-15-16-17(12)6-3-7-21(2,18)19/h4-5,8H,3,6-7,13H2,1-2H3. The Morgan fingerprint density at radius 2 is 2.14 bits per heavy atom. The van der Waals surface area contributed by atoms with Crippen LogP contribution in [0.15, 0.2) is 18.2 Å². The highest BCUT2D eigenvalue weighted by Gasteiger charge is 2.14. The van der Waals surface area contributed by atoms with E-state index in [-0.39, 0.29) is 5.75 Å². The van der Waals surface area contributed by atoms with Crippen molar-refractivity contribution in [3.63, 3.8) is 0 Å². The van der Waals surface area contributed by atoms with E-state index in [4.69, 9.17) is 10.5 Å². The number of ether oxygens (including phenoxy) is 1. The van der Waals surface area contributed by atoms with Crippen LogP contribution >= 0.6 is 0 Å². The fourth-order valence-electron chi connectivity index (χ4n) is 1.92. The van der Waals surface area contributed by atoms with Crippen molar-refractivity contribution in [1.29, 1.82) is 0 Å². The first-order valence-corrected chi connectivity index (χ1v) is 8.34. The van der Waals surface area contributed by atoms with Crippen molar-refractivity contribution in [2.75, 3.05) is 24.9 Å². The zero-order valence-corrected chi connectivity index (χ0v) is 12.7. The SMILES string of the molecule is COc1cc(N)ccc1-c1nnnn1CCCS(C)(=O)=O. The number of nitrogens with two attached hydrogens (primary N) is 1. The van der Waals surface area contributed by atoms with Crippen molar-refractivity contribution < 1.29 is 13.2 Å². The van der Waals surface area contributed by atoms with Gasteiger partial charge < -0.3 is 10.5 Å². The molecule has 1 aromatic carbocycles. The summed E-state index contributed by atoms with van der Waals surface area (Å²) in [6.45, 7) is 0.406. The summed E-state index contributed by atoms with van der Waals surface area (Å²) >= 11 is 0. The second-order valence-electron chi connectivity index (χ2n) is 4.67. The van der Waals surface area contributed by atoms with Crippen molar-refractivity contribution in [3.05, 3.63) is 18.2 Å². The van der Waals surface area contributed by atoms with Gasteiger partial charge in [0.05, 0.1) is 18.4 Å². The van der Waals surface area contributed by atoms with Gasteiger partial charge in [-0.25, -0.2) is 13.1 Å². The van der Waals surface area contributed by atoms with Crippen LogP contribution in [0.2, 0.25) is 0 Å². The molecule has 0 aliphatic heterocycles. The van der Waals surface area contributed by atoms with Gasteiger partial charge in [0.15, 0.2) is 5.82 Å². The molecule has 0 amide bonds. The van der Waals surface area contributed by atoms with E-state index in [1.807, 2.05) is 0 Å². The second kappa shape index (κ2) is 6.08. The van der Waals surface area contributed by atoms with Crippen molar-refractivity contribution in [2.45, 2.75) is 13.0 Å². The zero-order chi connectivity index (χ0) is 15.5. The topological polar surface area (TPSA) is 113 Å². The molecule has 0 unspecified atom stereocenters. The number of nitrogen functional groups attached to an aromatic ring is 1. The normalized spacial score (nSPS) is 11.5. The molecule has 0 saturated carbocycles. The molecule has 1 aromatic heterocycles. The van der Waals surface area contributed by atoms with Crippen molar-refractivity contribution >= 4 is 15.5 Å². The molecule has 0 aliphatic rings. The molecule has 1 heterocycles. The van der Waals surface area contributed by atoms with Crippen LogP contribution in [0.5, 0.6) is 5.75 Å². The molecular weight excluding hydrogens is 294 g/mol. The van der Waals surface area contributed by atoms with E-state index >= 15 is 0 Å². The average Bonchev–Trinajstić information content (AvgIpc) is 2.85. The monoisotopic (exact) mass is 311 g/mol. The van der Waals surface area contributed by atoms with Crippen molar-refractivity contribution in [3.8, 4) is 17.1 Å². The van der Waals surface area contributed by atoms with Crippen LogP contribution in [0.1, 0.15) is 6.42 Å². The van der Waals surface area contributed by atoms with Gasteiger partial charge in [-0.1, -0.05) is 0 Å². The van der Waals surface area contributed by atoms with Gasteiger partial charge in [-0.2, -0.15) is 0 Å². The Bertz CT molecular complexity index is 726. The minimum Gasteiger partial charge on any atom is -0.496 e. The highest BCUT2D eigenvalue weighted by Crippen LogP contribution is 2.29. The molecule has 9 heteroatoms. The van der Waals surface area contributed by atoms with Gasteiger partial charge in [0.2, 0.25) is 0 Å². The number of hydrogen-bond acceptors (Lipinski definition) is 7. The third kappa shape index (κ3) is 3.91. The first kappa shape index (κ1) is 15.2. The second-order valence-corrected chi connectivity index (χ2v) is 6.93. The summed E-state index contributed by atoms with van der Waals surface area (Å²) < 4.78 is 29.1. The third-order valence-corrected chi connectivity index (χ3v) is 3.91. The fraction of sp³-hybridized carbons (Fsp3) is 0.417. The number of rotatable bonds is 6. The van der Waals surface area contributed by atoms with Crippen LogP contribution in [-0.4, -0.2) is 47.7 Å².